The summed E-state index contributed by atoms with van der Waals surface area (Å²) in [4.78, 5) is 26.2. The van der Waals surface area contributed by atoms with Crippen molar-refractivity contribution < 1.29 is 37.3 Å². The largest absolute Gasteiger partial charge is 0.494 e. The van der Waals surface area contributed by atoms with Crippen molar-refractivity contribution in [2.45, 2.75) is 45.3 Å². The first-order valence-corrected chi connectivity index (χ1v) is 15.0. The van der Waals surface area contributed by atoms with E-state index in [1.807, 2.05) is 43.0 Å². The van der Waals surface area contributed by atoms with Gasteiger partial charge in [-0.15, -0.1) is 0 Å². The highest BCUT2D eigenvalue weighted by Crippen LogP contribution is 2.35. The standard InChI is InChI=1S/C34H37F2N3O6/c1-5-44-26-11-13-28(35)31(19-26)38-16-14-25(15-17-38)45-24-9-7-23(8-10-24)39-30(20-32(40)42-3)21(2)33(37-39)27-12-6-22(18-29(27)36)34(41)43-4/h6-13,18-19,21,25,30H,5,14-17,20H2,1-4H3/t21-,30-/m0/s1. The number of carbonyl (C=O) groups is 2. The van der Waals surface area contributed by atoms with Crippen molar-refractivity contribution in [1.82, 2.24) is 0 Å². The van der Waals surface area contributed by atoms with Crippen molar-refractivity contribution >= 4 is 29.0 Å². The van der Waals surface area contributed by atoms with E-state index in [9.17, 15) is 14.0 Å². The van der Waals surface area contributed by atoms with Crippen molar-refractivity contribution in [3.8, 4) is 11.5 Å². The Hall–Kier alpha value is -4.67. The molecule has 0 unspecified atom stereocenters. The van der Waals surface area contributed by atoms with Gasteiger partial charge in [0.1, 0.15) is 29.2 Å². The van der Waals surface area contributed by atoms with Gasteiger partial charge in [0.05, 0.1) is 55.9 Å². The Morgan fingerprint density at radius 2 is 1.62 bits per heavy atom. The average Bonchev–Trinajstić information content (AvgIpc) is 3.37. The monoisotopic (exact) mass is 621 g/mol. The van der Waals surface area contributed by atoms with E-state index in [0.717, 1.165) is 18.9 Å². The predicted octanol–water partition coefficient (Wildman–Crippen LogP) is 5.99. The van der Waals surface area contributed by atoms with Crippen LogP contribution in [0.4, 0.5) is 20.2 Å². The van der Waals surface area contributed by atoms with Gasteiger partial charge in [-0.2, -0.15) is 5.10 Å². The number of piperidine rings is 1. The number of hydrogen-bond acceptors (Lipinski definition) is 9. The van der Waals surface area contributed by atoms with Gasteiger partial charge in [-0.1, -0.05) is 6.92 Å². The smallest absolute Gasteiger partial charge is 0.337 e. The maximum absolute atomic E-state index is 15.2. The van der Waals surface area contributed by atoms with Crippen molar-refractivity contribution in [3.05, 3.63) is 83.4 Å². The minimum absolute atomic E-state index is 0.0373. The van der Waals surface area contributed by atoms with Crippen LogP contribution in [0.25, 0.3) is 0 Å². The minimum Gasteiger partial charge on any atom is -0.494 e. The normalized spacial score (nSPS) is 18.4. The maximum Gasteiger partial charge on any atom is 0.337 e. The molecule has 0 N–H and O–H groups in total. The Balaban J connectivity index is 1.29. The third-order valence-electron chi connectivity index (χ3n) is 8.22. The summed E-state index contributed by atoms with van der Waals surface area (Å²) in [6.45, 7) is 5.57. The fourth-order valence-corrected chi connectivity index (χ4v) is 5.78. The molecule has 1 fully saturated rings. The molecule has 0 aliphatic carbocycles. The van der Waals surface area contributed by atoms with Crippen molar-refractivity contribution in [2.24, 2.45) is 11.0 Å². The molecule has 3 aromatic rings. The highest BCUT2D eigenvalue weighted by molar-refractivity contribution is 6.06. The van der Waals surface area contributed by atoms with Crippen LogP contribution in [0.1, 0.15) is 49.0 Å². The summed E-state index contributed by atoms with van der Waals surface area (Å²) < 4.78 is 51.2. The lowest BCUT2D eigenvalue weighted by molar-refractivity contribution is -0.141. The van der Waals surface area contributed by atoms with Gasteiger partial charge in [0.15, 0.2) is 0 Å². The number of halogens is 2. The van der Waals surface area contributed by atoms with E-state index in [-0.39, 0.29) is 35.4 Å². The van der Waals surface area contributed by atoms with Crippen molar-refractivity contribution in [2.75, 3.05) is 43.8 Å². The summed E-state index contributed by atoms with van der Waals surface area (Å²) in [6.07, 6.45) is 1.44. The van der Waals surface area contributed by atoms with E-state index in [2.05, 4.69) is 0 Å². The molecule has 1 saturated heterocycles. The summed E-state index contributed by atoms with van der Waals surface area (Å²) in [5.41, 5.74) is 2.02. The Morgan fingerprint density at radius 1 is 0.911 bits per heavy atom. The summed E-state index contributed by atoms with van der Waals surface area (Å²) in [5.74, 6) is -0.947. The molecule has 45 heavy (non-hydrogen) atoms. The van der Waals surface area contributed by atoms with Crippen LogP contribution < -0.4 is 19.4 Å². The Morgan fingerprint density at radius 3 is 2.27 bits per heavy atom. The number of carbonyl (C=O) groups excluding carboxylic acids is 2. The third-order valence-corrected chi connectivity index (χ3v) is 8.22. The SMILES string of the molecule is CCOc1ccc(F)c(N2CCC(Oc3ccc(N4N=C(c5ccc(C(=O)OC)cc5F)[C@@H](C)[C@@H]4CC(=O)OC)cc3)CC2)c1. The average molecular weight is 622 g/mol. The summed E-state index contributed by atoms with van der Waals surface area (Å²) in [5, 5.41) is 6.45. The molecule has 2 aliphatic heterocycles. The van der Waals surface area contributed by atoms with Crippen LogP contribution in [0, 0.1) is 17.6 Å². The zero-order chi connectivity index (χ0) is 32.1. The molecule has 0 radical (unpaired) electrons. The Kier molecular flexibility index (Phi) is 9.85. The maximum atomic E-state index is 15.2. The molecule has 0 amide bonds. The second kappa shape index (κ2) is 14.0. The number of ether oxygens (including phenoxy) is 4. The van der Waals surface area contributed by atoms with Crippen LogP contribution >= 0.6 is 0 Å². The van der Waals surface area contributed by atoms with Crippen molar-refractivity contribution in [1.29, 1.82) is 0 Å². The lowest BCUT2D eigenvalue weighted by Crippen LogP contribution is -2.38. The van der Waals surface area contributed by atoms with E-state index in [1.165, 1.54) is 32.4 Å². The van der Waals surface area contributed by atoms with Crippen LogP contribution in [-0.4, -0.2) is 63.7 Å². The van der Waals surface area contributed by atoms with Gasteiger partial charge in [-0.3, -0.25) is 9.80 Å². The first kappa shape index (κ1) is 31.7. The number of anilines is 2. The molecule has 2 atom stereocenters. The van der Waals surface area contributed by atoms with Gasteiger partial charge < -0.3 is 23.8 Å². The number of rotatable bonds is 10. The topological polar surface area (TPSA) is 89.9 Å². The molecule has 5 rings (SSSR count). The molecular weight excluding hydrogens is 584 g/mol. The van der Waals surface area contributed by atoms with Gasteiger partial charge >= 0.3 is 11.9 Å². The minimum atomic E-state index is -0.638. The molecule has 0 spiro atoms. The lowest BCUT2D eigenvalue weighted by Gasteiger charge is -2.34. The quantitative estimate of drug-likeness (QED) is 0.255. The van der Waals surface area contributed by atoms with E-state index < -0.39 is 23.8 Å². The number of esters is 2. The van der Waals surface area contributed by atoms with Gasteiger partial charge in [0, 0.05) is 43.5 Å². The molecular formula is C34H37F2N3O6. The first-order chi connectivity index (χ1) is 21.7. The van der Waals surface area contributed by atoms with Gasteiger partial charge in [0.25, 0.3) is 0 Å². The van der Waals surface area contributed by atoms with Crippen molar-refractivity contribution in [3.63, 3.8) is 0 Å². The van der Waals surface area contributed by atoms with Crippen LogP contribution in [-0.2, 0) is 14.3 Å². The van der Waals surface area contributed by atoms with Crippen LogP contribution in [0.5, 0.6) is 11.5 Å². The second-order valence-electron chi connectivity index (χ2n) is 11.0. The van der Waals surface area contributed by atoms with E-state index >= 15 is 4.39 Å². The highest BCUT2D eigenvalue weighted by Gasteiger charge is 2.38. The second-order valence-corrected chi connectivity index (χ2v) is 11.0. The number of nitrogens with zero attached hydrogens (tertiary/aromatic N) is 3. The number of methoxy groups -OCH3 is 2. The summed E-state index contributed by atoms with van der Waals surface area (Å²) in [7, 11) is 2.56. The molecule has 0 aromatic heterocycles. The Labute approximate surface area is 261 Å². The molecule has 2 aliphatic rings. The first-order valence-electron chi connectivity index (χ1n) is 15.0. The predicted molar refractivity (Wildman–Crippen MR) is 166 cm³/mol. The molecule has 0 bridgehead atoms. The molecule has 238 valence electrons. The van der Waals surface area contributed by atoms with Gasteiger partial charge in [-0.25, -0.2) is 13.6 Å². The zero-order valence-corrected chi connectivity index (χ0v) is 25.8. The fourth-order valence-electron chi connectivity index (χ4n) is 5.78. The van der Waals surface area contributed by atoms with E-state index in [0.29, 0.717) is 48.3 Å². The number of hydrazone groups is 1. The number of hydrogen-bond donors (Lipinski definition) is 0. The third kappa shape index (κ3) is 7.02. The van der Waals surface area contributed by atoms with Gasteiger partial charge in [0.2, 0.25) is 0 Å². The van der Waals surface area contributed by atoms with Crippen LogP contribution in [0.3, 0.4) is 0 Å². The van der Waals surface area contributed by atoms with Crippen LogP contribution in [0.2, 0.25) is 0 Å². The highest BCUT2D eigenvalue weighted by atomic mass is 19.1. The molecule has 2 heterocycles. The fraction of sp³-hybridized carbons (Fsp3) is 0.382. The molecule has 3 aromatic carbocycles. The van der Waals surface area contributed by atoms with E-state index in [1.54, 1.807) is 17.1 Å². The summed E-state index contributed by atoms with van der Waals surface area (Å²) in [6, 6.07) is 15.9. The lowest BCUT2D eigenvalue weighted by atomic mass is 9.90. The zero-order valence-electron chi connectivity index (χ0n) is 25.8. The Bertz CT molecular complexity index is 1560. The molecule has 0 saturated carbocycles. The van der Waals surface area contributed by atoms with Crippen LogP contribution in [0.15, 0.2) is 65.8 Å². The number of benzene rings is 3. The molecule has 9 nitrogen and oxygen atoms in total. The van der Waals surface area contributed by atoms with Gasteiger partial charge in [-0.05, 0) is 61.5 Å². The molecule has 11 heteroatoms. The van der Waals surface area contributed by atoms with E-state index in [4.69, 9.17) is 24.0 Å². The summed E-state index contributed by atoms with van der Waals surface area (Å²) >= 11 is 0.